The maximum Gasteiger partial charge on any atom is 0.254 e. The van der Waals surface area contributed by atoms with Gasteiger partial charge in [-0.1, -0.05) is 40.9 Å². The van der Waals surface area contributed by atoms with Crippen LogP contribution in [0.3, 0.4) is 0 Å². The van der Waals surface area contributed by atoms with E-state index < -0.39 is 6.04 Å². The number of fused-ring (bicyclic) bond motifs is 1. The average molecular weight is 393 g/mol. The normalized spacial score (nSPS) is 15.8. The Bertz CT molecular complexity index is 870. The summed E-state index contributed by atoms with van der Waals surface area (Å²) in [7, 11) is 0. The SMILES string of the molecule is CC(=O)NC1C(=O)N(CCOc2ccc(Cl)cc2Cl)c2ccc(C)cc21. The fourth-order valence-corrected chi connectivity index (χ4v) is 3.43. The second kappa shape index (κ2) is 7.56. The number of rotatable bonds is 5. The van der Waals surface area contributed by atoms with Crippen LogP contribution in [0, 0.1) is 6.92 Å². The predicted molar refractivity (Wildman–Crippen MR) is 102 cm³/mol. The zero-order valence-corrected chi connectivity index (χ0v) is 15.9. The van der Waals surface area contributed by atoms with Gasteiger partial charge in [0, 0.05) is 23.2 Å². The highest BCUT2D eigenvalue weighted by atomic mass is 35.5. The Labute approximate surface area is 161 Å². The highest BCUT2D eigenvalue weighted by Crippen LogP contribution is 2.36. The van der Waals surface area contributed by atoms with Crippen molar-refractivity contribution >= 4 is 40.7 Å². The largest absolute Gasteiger partial charge is 0.490 e. The first-order valence-corrected chi connectivity index (χ1v) is 8.89. The van der Waals surface area contributed by atoms with E-state index in [9.17, 15) is 9.59 Å². The van der Waals surface area contributed by atoms with Crippen molar-refractivity contribution in [3.8, 4) is 5.75 Å². The summed E-state index contributed by atoms with van der Waals surface area (Å²) in [4.78, 5) is 25.9. The summed E-state index contributed by atoms with van der Waals surface area (Å²) in [6.07, 6.45) is 0. The number of nitrogens with one attached hydrogen (secondary N) is 1. The molecule has 0 aliphatic carbocycles. The second-order valence-electron chi connectivity index (χ2n) is 6.11. The Morgan fingerprint density at radius 3 is 2.69 bits per heavy atom. The Balaban J connectivity index is 1.75. The van der Waals surface area contributed by atoms with Crippen molar-refractivity contribution in [2.45, 2.75) is 19.9 Å². The van der Waals surface area contributed by atoms with Gasteiger partial charge in [-0.05, 0) is 31.2 Å². The highest BCUT2D eigenvalue weighted by Gasteiger charge is 2.37. The molecule has 1 heterocycles. The van der Waals surface area contributed by atoms with Crippen molar-refractivity contribution in [2.75, 3.05) is 18.1 Å². The summed E-state index contributed by atoms with van der Waals surface area (Å²) < 4.78 is 5.69. The standard InChI is InChI=1S/C19H18Cl2N2O3/c1-11-3-5-16-14(9-11)18(22-12(2)24)19(25)23(16)7-8-26-17-6-4-13(20)10-15(17)21/h3-6,9-10,18H,7-8H2,1-2H3,(H,22,24). The number of benzene rings is 2. The molecule has 1 aliphatic heterocycles. The predicted octanol–water partition coefficient (Wildman–Crippen LogP) is 3.90. The van der Waals surface area contributed by atoms with Gasteiger partial charge in [0.25, 0.3) is 5.91 Å². The molecule has 1 unspecified atom stereocenters. The van der Waals surface area contributed by atoms with Crippen molar-refractivity contribution in [3.63, 3.8) is 0 Å². The monoisotopic (exact) mass is 392 g/mol. The molecule has 2 aromatic rings. The minimum absolute atomic E-state index is 0.174. The third-order valence-electron chi connectivity index (χ3n) is 4.11. The average Bonchev–Trinajstić information content (AvgIpc) is 2.81. The molecule has 136 valence electrons. The lowest BCUT2D eigenvalue weighted by Gasteiger charge is -2.18. The third kappa shape index (κ3) is 3.79. The number of carbonyl (C=O) groups is 2. The maximum atomic E-state index is 12.8. The van der Waals surface area contributed by atoms with E-state index in [0.29, 0.717) is 22.3 Å². The second-order valence-corrected chi connectivity index (χ2v) is 6.95. The van der Waals surface area contributed by atoms with Crippen molar-refractivity contribution in [1.29, 1.82) is 0 Å². The number of hydrogen-bond donors (Lipinski definition) is 1. The van der Waals surface area contributed by atoms with E-state index in [1.807, 2.05) is 25.1 Å². The number of carbonyl (C=O) groups excluding carboxylic acids is 2. The molecule has 1 N–H and O–H groups in total. The van der Waals surface area contributed by atoms with E-state index in [0.717, 1.165) is 16.8 Å². The summed E-state index contributed by atoms with van der Waals surface area (Å²) in [6.45, 7) is 3.94. The fraction of sp³-hybridized carbons (Fsp3) is 0.263. The molecule has 5 nitrogen and oxygen atoms in total. The Hall–Kier alpha value is -2.24. The third-order valence-corrected chi connectivity index (χ3v) is 4.64. The molecule has 26 heavy (non-hydrogen) atoms. The van der Waals surface area contributed by atoms with E-state index in [2.05, 4.69) is 5.32 Å². The van der Waals surface area contributed by atoms with E-state index in [-0.39, 0.29) is 18.4 Å². The van der Waals surface area contributed by atoms with Crippen LogP contribution in [0.5, 0.6) is 5.75 Å². The van der Waals surface area contributed by atoms with Crippen LogP contribution in [0.2, 0.25) is 10.0 Å². The molecule has 1 atom stereocenters. The van der Waals surface area contributed by atoms with Crippen molar-refractivity contribution in [2.24, 2.45) is 0 Å². The van der Waals surface area contributed by atoms with Crippen molar-refractivity contribution in [1.82, 2.24) is 5.32 Å². The fourth-order valence-electron chi connectivity index (χ4n) is 2.97. The maximum absolute atomic E-state index is 12.8. The smallest absolute Gasteiger partial charge is 0.254 e. The van der Waals surface area contributed by atoms with Crippen LogP contribution in [0.25, 0.3) is 0 Å². The summed E-state index contributed by atoms with van der Waals surface area (Å²) in [5.74, 6) is 0.0821. The minimum atomic E-state index is -0.665. The van der Waals surface area contributed by atoms with Crippen LogP contribution in [0.1, 0.15) is 24.1 Å². The first kappa shape index (κ1) is 18.5. The topological polar surface area (TPSA) is 58.6 Å². The van der Waals surface area contributed by atoms with Crippen LogP contribution >= 0.6 is 23.2 Å². The zero-order valence-electron chi connectivity index (χ0n) is 14.4. The summed E-state index contributed by atoms with van der Waals surface area (Å²) >= 11 is 12.0. The number of amides is 2. The molecule has 3 rings (SSSR count). The van der Waals surface area contributed by atoms with Crippen molar-refractivity contribution < 1.29 is 14.3 Å². The summed E-state index contributed by atoms with van der Waals surface area (Å²) in [6, 6.07) is 10.1. The molecule has 0 saturated carbocycles. The number of hydrogen-bond acceptors (Lipinski definition) is 3. The van der Waals surface area contributed by atoms with Gasteiger partial charge in [0.15, 0.2) is 0 Å². The van der Waals surface area contributed by atoms with Gasteiger partial charge in [-0.25, -0.2) is 0 Å². The van der Waals surface area contributed by atoms with E-state index in [4.69, 9.17) is 27.9 Å². The molecule has 2 amide bonds. The molecular weight excluding hydrogens is 375 g/mol. The number of ether oxygens (including phenoxy) is 1. The van der Waals surface area contributed by atoms with Crippen LogP contribution in [-0.2, 0) is 9.59 Å². The molecule has 2 aromatic carbocycles. The Morgan fingerprint density at radius 2 is 2.00 bits per heavy atom. The lowest BCUT2D eigenvalue weighted by atomic mass is 10.1. The molecule has 0 spiro atoms. The molecule has 7 heteroatoms. The van der Waals surface area contributed by atoms with Gasteiger partial charge < -0.3 is 15.0 Å². The minimum Gasteiger partial charge on any atom is -0.490 e. The lowest BCUT2D eigenvalue weighted by molar-refractivity contribution is -0.126. The van der Waals surface area contributed by atoms with Gasteiger partial charge in [0.05, 0.1) is 11.6 Å². The molecule has 0 fully saturated rings. The molecule has 0 bridgehead atoms. The number of nitrogens with zero attached hydrogens (tertiary/aromatic N) is 1. The number of halogens is 2. The van der Waals surface area contributed by atoms with Gasteiger partial charge in [-0.15, -0.1) is 0 Å². The Morgan fingerprint density at radius 1 is 1.23 bits per heavy atom. The van der Waals surface area contributed by atoms with Gasteiger partial charge in [0.1, 0.15) is 18.4 Å². The summed E-state index contributed by atoms with van der Waals surface area (Å²) in [5, 5.41) is 3.66. The van der Waals surface area contributed by atoms with Gasteiger partial charge in [-0.3, -0.25) is 9.59 Å². The molecule has 0 radical (unpaired) electrons. The van der Waals surface area contributed by atoms with Gasteiger partial charge >= 0.3 is 0 Å². The quantitative estimate of drug-likeness (QED) is 0.838. The van der Waals surface area contributed by atoms with Gasteiger partial charge in [-0.2, -0.15) is 0 Å². The number of anilines is 1. The summed E-state index contributed by atoms with van der Waals surface area (Å²) in [5.41, 5.74) is 2.61. The van der Waals surface area contributed by atoms with Gasteiger partial charge in [0.2, 0.25) is 5.91 Å². The van der Waals surface area contributed by atoms with Crippen molar-refractivity contribution in [3.05, 3.63) is 57.6 Å². The van der Waals surface area contributed by atoms with Crippen LogP contribution in [-0.4, -0.2) is 25.0 Å². The first-order valence-electron chi connectivity index (χ1n) is 8.13. The van der Waals surface area contributed by atoms with E-state index in [1.165, 1.54) is 6.92 Å². The number of aryl methyl sites for hydroxylation is 1. The molecule has 0 saturated heterocycles. The van der Waals surface area contributed by atoms with E-state index >= 15 is 0 Å². The Kier molecular flexibility index (Phi) is 5.39. The van der Waals surface area contributed by atoms with Crippen LogP contribution < -0.4 is 15.0 Å². The van der Waals surface area contributed by atoms with Crippen LogP contribution in [0.4, 0.5) is 5.69 Å². The van der Waals surface area contributed by atoms with E-state index in [1.54, 1.807) is 23.1 Å². The molecule has 0 aromatic heterocycles. The first-order chi connectivity index (χ1) is 12.4. The zero-order chi connectivity index (χ0) is 18.8. The lowest BCUT2D eigenvalue weighted by Crippen LogP contribution is -2.38. The van der Waals surface area contributed by atoms with Crippen LogP contribution in [0.15, 0.2) is 36.4 Å². The molecule has 1 aliphatic rings. The highest BCUT2D eigenvalue weighted by molar-refractivity contribution is 6.35. The molecular formula is C19H18Cl2N2O3.